The largest absolute Gasteiger partial charge is 0.366 e. The summed E-state index contributed by atoms with van der Waals surface area (Å²) in [7, 11) is 2.09. The highest BCUT2D eigenvalue weighted by Crippen LogP contribution is 2.18. The number of benzene rings is 1. The molecule has 6 nitrogen and oxygen atoms in total. The number of pyridine rings is 1. The van der Waals surface area contributed by atoms with E-state index in [4.69, 9.17) is 0 Å². The molecule has 1 aromatic carbocycles. The fraction of sp³-hybridized carbons (Fsp3) is 0.353. The number of nitrogens with zero attached hydrogens (tertiary/aromatic N) is 3. The van der Waals surface area contributed by atoms with Crippen molar-refractivity contribution in [3.8, 4) is 0 Å². The fourth-order valence-electron chi connectivity index (χ4n) is 2.29. The van der Waals surface area contributed by atoms with Crippen molar-refractivity contribution in [1.82, 2.24) is 9.88 Å². The molecule has 1 N–H and O–H groups in total. The number of rotatable bonds is 7. The van der Waals surface area contributed by atoms with Gasteiger partial charge in [0.25, 0.3) is 5.69 Å². The van der Waals surface area contributed by atoms with Gasteiger partial charge in [0.15, 0.2) is 0 Å². The van der Waals surface area contributed by atoms with Crippen LogP contribution < -0.4 is 5.32 Å². The summed E-state index contributed by atoms with van der Waals surface area (Å²) in [5.74, 6) is 0.673. The van der Waals surface area contributed by atoms with Crippen LogP contribution in [0.1, 0.15) is 23.6 Å². The summed E-state index contributed by atoms with van der Waals surface area (Å²) >= 11 is 0. The maximum Gasteiger partial charge on any atom is 0.287 e. The first kappa shape index (κ1) is 16.9. The van der Waals surface area contributed by atoms with E-state index in [1.807, 2.05) is 13.0 Å². The van der Waals surface area contributed by atoms with Crippen LogP contribution >= 0.6 is 0 Å². The minimum atomic E-state index is -0.433. The number of aryl methyl sites for hydroxylation is 1. The summed E-state index contributed by atoms with van der Waals surface area (Å²) in [6.07, 6.45) is 1.28. The lowest BCUT2D eigenvalue weighted by molar-refractivity contribution is -0.385. The zero-order valence-electron chi connectivity index (χ0n) is 13.7. The maximum absolute atomic E-state index is 10.7. The molecule has 0 aliphatic carbocycles. The van der Waals surface area contributed by atoms with E-state index in [-0.39, 0.29) is 5.69 Å². The van der Waals surface area contributed by atoms with Crippen molar-refractivity contribution < 1.29 is 4.92 Å². The zero-order valence-corrected chi connectivity index (χ0v) is 13.7. The Bertz CT molecular complexity index is 688. The number of aromatic nitrogens is 1. The molecule has 0 bridgehead atoms. The van der Waals surface area contributed by atoms with Crippen LogP contribution in [0, 0.1) is 17.0 Å². The quantitative estimate of drug-likeness (QED) is 0.627. The van der Waals surface area contributed by atoms with E-state index in [1.54, 1.807) is 0 Å². The molecule has 0 saturated heterocycles. The topological polar surface area (TPSA) is 71.3 Å². The third kappa shape index (κ3) is 4.75. The van der Waals surface area contributed by atoms with Crippen molar-refractivity contribution in [1.29, 1.82) is 0 Å². The van der Waals surface area contributed by atoms with Gasteiger partial charge in [-0.25, -0.2) is 4.98 Å². The Labute approximate surface area is 136 Å². The van der Waals surface area contributed by atoms with Gasteiger partial charge in [-0.05, 0) is 37.2 Å². The summed E-state index contributed by atoms with van der Waals surface area (Å²) in [4.78, 5) is 16.7. The van der Waals surface area contributed by atoms with Gasteiger partial charge in [0, 0.05) is 19.2 Å². The normalized spacial score (nSPS) is 10.8. The number of anilines is 1. The lowest BCUT2D eigenvalue weighted by atomic mass is 10.1. The second kappa shape index (κ2) is 7.69. The van der Waals surface area contributed by atoms with E-state index < -0.39 is 4.92 Å². The lowest BCUT2D eigenvalue weighted by Gasteiger charge is -2.15. The Morgan fingerprint density at radius 2 is 2.04 bits per heavy atom. The SMILES string of the molecule is CCN(C)Cc1cccc(CNc2ncc([N+](=O)[O-])cc2C)c1. The van der Waals surface area contributed by atoms with Gasteiger partial charge in [0.05, 0.1) is 4.92 Å². The summed E-state index contributed by atoms with van der Waals surface area (Å²) in [6.45, 7) is 6.51. The molecule has 2 aromatic rings. The van der Waals surface area contributed by atoms with E-state index >= 15 is 0 Å². The molecule has 0 aliphatic rings. The fourth-order valence-corrected chi connectivity index (χ4v) is 2.29. The molecule has 0 amide bonds. The number of nitro groups is 1. The van der Waals surface area contributed by atoms with Gasteiger partial charge in [-0.1, -0.05) is 31.2 Å². The van der Waals surface area contributed by atoms with Gasteiger partial charge in [-0.15, -0.1) is 0 Å². The summed E-state index contributed by atoms with van der Waals surface area (Å²) in [5.41, 5.74) is 3.20. The maximum atomic E-state index is 10.7. The van der Waals surface area contributed by atoms with E-state index in [9.17, 15) is 10.1 Å². The van der Waals surface area contributed by atoms with Crippen molar-refractivity contribution in [3.05, 3.63) is 63.3 Å². The molecule has 1 heterocycles. The van der Waals surface area contributed by atoms with Crippen LogP contribution in [0.25, 0.3) is 0 Å². The molecule has 23 heavy (non-hydrogen) atoms. The van der Waals surface area contributed by atoms with Crippen LogP contribution in [0.2, 0.25) is 0 Å². The monoisotopic (exact) mass is 314 g/mol. The molecular formula is C17H22N4O2. The highest BCUT2D eigenvalue weighted by molar-refractivity contribution is 5.48. The molecule has 0 aliphatic heterocycles. The Kier molecular flexibility index (Phi) is 5.65. The van der Waals surface area contributed by atoms with Crippen LogP contribution in [0.15, 0.2) is 36.5 Å². The first-order valence-corrected chi connectivity index (χ1v) is 7.61. The Balaban J connectivity index is 2.03. The molecule has 0 fully saturated rings. The predicted molar refractivity (Wildman–Crippen MR) is 91.4 cm³/mol. The van der Waals surface area contributed by atoms with Crippen LogP contribution in [0.5, 0.6) is 0 Å². The van der Waals surface area contributed by atoms with Gasteiger partial charge in [-0.2, -0.15) is 0 Å². The van der Waals surface area contributed by atoms with Crippen molar-refractivity contribution >= 4 is 11.5 Å². The summed E-state index contributed by atoms with van der Waals surface area (Å²) in [5, 5.41) is 14.0. The predicted octanol–water partition coefficient (Wildman–Crippen LogP) is 3.36. The molecule has 6 heteroatoms. The van der Waals surface area contributed by atoms with E-state index in [1.165, 1.54) is 17.8 Å². The van der Waals surface area contributed by atoms with Crippen LogP contribution in [0.4, 0.5) is 11.5 Å². The highest BCUT2D eigenvalue weighted by Gasteiger charge is 2.09. The Morgan fingerprint density at radius 1 is 1.30 bits per heavy atom. The highest BCUT2D eigenvalue weighted by atomic mass is 16.6. The summed E-state index contributed by atoms with van der Waals surface area (Å²) in [6, 6.07) is 9.92. The smallest absolute Gasteiger partial charge is 0.287 e. The molecule has 0 atom stereocenters. The van der Waals surface area contributed by atoms with Crippen LogP contribution in [-0.4, -0.2) is 28.4 Å². The second-order valence-electron chi connectivity index (χ2n) is 5.62. The third-order valence-corrected chi connectivity index (χ3v) is 3.72. The average Bonchev–Trinajstić information content (AvgIpc) is 2.53. The molecule has 0 spiro atoms. The van der Waals surface area contributed by atoms with E-state index in [0.29, 0.717) is 12.4 Å². The molecular weight excluding hydrogens is 292 g/mol. The first-order valence-electron chi connectivity index (χ1n) is 7.61. The Hall–Kier alpha value is -2.47. The van der Waals surface area contributed by atoms with Crippen molar-refractivity contribution in [3.63, 3.8) is 0 Å². The average molecular weight is 314 g/mol. The molecule has 0 unspecified atom stereocenters. The van der Waals surface area contributed by atoms with Gasteiger partial charge in [-0.3, -0.25) is 10.1 Å². The Morgan fingerprint density at radius 3 is 2.70 bits per heavy atom. The summed E-state index contributed by atoms with van der Waals surface area (Å²) < 4.78 is 0. The molecule has 122 valence electrons. The number of hydrogen-bond acceptors (Lipinski definition) is 5. The number of hydrogen-bond donors (Lipinski definition) is 1. The lowest BCUT2D eigenvalue weighted by Crippen LogP contribution is -2.16. The standard InChI is InChI=1S/C17H22N4O2/c1-4-20(3)12-15-7-5-6-14(9-15)10-18-17-13(2)8-16(11-19-17)21(22)23/h5-9,11H,4,10,12H2,1-3H3,(H,18,19). The molecule has 0 radical (unpaired) electrons. The van der Waals surface area contributed by atoms with Crippen molar-refractivity contribution in [2.45, 2.75) is 26.9 Å². The molecule has 1 aromatic heterocycles. The number of nitrogens with one attached hydrogen (secondary N) is 1. The van der Waals surface area contributed by atoms with Gasteiger partial charge in [0.1, 0.15) is 12.0 Å². The van der Waals surface area contributed by atoms with Gasteiger partial charge in [0.2, 0.25) is 0 Å². The first-order chi connectivity index (χ1) is 11.0. The van der Waals surface area contributed by atoms with Gasteiger partial charge >= 0.3 is 0 Å². The molecule has 2 rings (SSSR count). The van der Waals surface area contributed by atoms with E-state index in [2.05, 4.69) is 47.4 Å². The minimum Gasteiger partial charge on any atom is -0.366 e. The van der Waals surface area contributed by atoms with Crippen LogP contribution in [0.3, 0.4) is 0 Å². The zero-order chi connectivity index (χ0) is 16.8. The molecule has 0 saturated carbocycles. The van der Waals surface area contributed by atoms with Crippen molar-refractivity contribution in [2.75, 3.05) is 18.9 Å². The third-order valence-electron chi connectivity index (χ3n) is 3.72. The van der Waals surface area contributed by atoms with E-state index in [0.717, 1.165) is 24.2 Å². The van der Waals surface area contributed by atoms with Crippen LogP contribution in [-0.2, 0) is 13.1 Å². The van der Waals surface area contributed by atoms with Crippen molar-refractivity contribution in [2.24, 2.45) is 0 Å². The minimum absolute atomic E-state index is 0.0117. The van der Waals surface area contributed by atoms with Gasteiger partial charge < -0.3 is 10.2 Å². The second-order valence-corrected chi connectivity index (χ2v) is 5.62.